The highest BCUT2D eigenvalue weighted by molar-refractivity contribution is 5.19. The summed E-state index contributed by atoms with van der Waals surface area (Å²) in [6.07, 6.45) is 5.04. The average molecular weight is 251 g/mol. The highest BCUT2D eigenvalue weighted by Gasteiger charge is 2.22. The van der Waals surface area contributed by atoms with Crippen LogP contribution in [0.2, 0.25) is 0 Å². The molecule has 3 heteroatoms. The molecule has 0 aliphatic heterocycles. The molecule has 0 radical (unpaired) electrons. The summed E-state index contributed by atoms with van der Waals surface area (Å²) in [7, 11) is 1.79. The van der Waals surface area contributed by atoms with Crippen LogP contribution in [0, 0.1) is 5.82 Å². The summed E-state index contributed by atoms with van der Waals surface area (Å²) in [5.41, 5.74) is 1.14. The van der Waals surface area contributed by atoms with Gasteiger partial charge in [0.2, 0.25) is 0 Å². The lowest BCUT2D eigenvalue weighted by atomic mass is 9.92. The Morgan fingerprint density at radius 3 is 2.67 bits per heavy atom. The molecule has 2 unspecified atom stereocenters. The molecule has 0 bridgehead atoms. The summed E-state index contributed by atoms with van der Waals surface area (Å²) in [5.74, 6) is -0.178. The molecule has 100 valence electrons. The van der Waals surface area contributed by atoms with Gasteiger partial charge < -0.3 is 10.1 Å². The molecule has 1 aliphatic carbocycles. The second kappa shape index (κ2) is 6.30. The van der Waals surface area contributed by atoms with E-state index in [0.717, 1.165) is 12.0 Å². The van der Waals surface area contributed by atoms with Crippen molar-refractivity contribution >= 4 is 0 Å². The molecule has 1 aromatic carbocycles. The molecule has 18 heavy (non-hydrogen) atoms. The Kier molecular flexibility index (Phi) is 4.72. The molecule has 0 heterocycles. The second-order valence-corrected chi connectivity index (χ2v) is 5.16. The minimum absolute atomic E-state index is 0.178. The molecule has 1 saturated carbocycles. The topological polar surface area (TPSA) is 21.3 Å². The summed E-state index contributed by atoms with van der Waals surface area (Å²) in [6, 6.07) is 7.50. The Morgan fingerprint density at radius 1 is 1.28 bits per heavy atom. The molecule has 3 atom stereocenters. The van der Waals surface area contributed by atoms with Crippen LogP contribution in [0.25, 0.3) is 0 Å². The van der Waals surface area contributed by atoms with E-state index in [0.29, 0.717) is 12.1 Å². The van der Waals surface area contributed by atoms with Crippen LogP contribution < -0.4 is 5.32 Å². The van der Waals surface area contributed by atoms with Crippen molar-refractivity contribution in [1.29, 1.82) is 0 Å². The van der Waals surface area contributed by atoms with Gasteiger partial charge in [0.1, 0.15) is 5.82 Å². The van der Waals surface area contributed by atoms with E-state index in [1.165, 1.54) is 31.4 Å². The van der Waals surface area contributed by atoms with E-state index < -0.39 is 0 Å². The van der Waals surface area contributed by atoms with Crippen LogP contribution in [0.3, 0.4) is 0 Å². The van der Waals surface area contributed by atoms with Crippen LogP contribution in [0.15, 0.2) is 24.3 Å². The van der Waals surface area contributed by atoms with Crippen molar-refractivity contribution in [3.8, 4) is 0 Å². The number of ether oxygens (including phenoxy) is 1. The molecule has 2 rings (SSSR count). The average Bonchev–Trinajstić information content (AvgIpc) is 2.39. The van der Waals surface area contributed by atoms with Crippen molar-refractivity contribution in [2.75, 3.05) is 7.11 Å². The van der Waals surface area contributed by atoms with Crippen LogP contribution in [-0.4, -0.2) is 19.3 Å². The molecule has 1 aromatic rings. The zero-order chi connectivity index (χ0) is 13.0. The summed E-state index contributed by atoms with van der Waals surface area (Å²) in [4.78, 5) is 0. The lowest BCUT2D eigenvalue weighted by molar-refractivity contribution is 0.0572. The SMILES string of the molecule is COC1CCCC(N[C@@H](C)c2ccc(F)cc2)C1. The first-order valence-corrected chi connectivity index (χ1v) is 6.73. The largest absolute Gasteiger partial charge is 0.381 e. The van der Waals surface area contributed by atoms with Gasteiger partial charge in [0.05, 0.1) is 6.10 Å². The monoisotopic (exact) mass is 251 g/mol. The first kappa shape index (κ1) is 13.5. The molecule has 0 saturated heterocycles. The maximum atomic E-state index is 12.9. The van der Waals surface area contributed by atoms with Gasteiger partial charge in [-0.05, 0) is 50.3 Å². The fraction of sp³-hybridized carbons (Fsp3) is 0.600. The molecular weight excluding hydrogens is 229 g/mol. The Balaban J connectivity index is 1.90. The van der Waals surface area contributed by atoms with Crippen molar-refractivity contribution in [3.63, 3.8) is 0 Å². The van der Waals surface area contributed by atoms with E-state index in [1.54, 1.807) is 7.11 Å². The summed E-state index contributed by atoms with van der Waals surface area (Å²) >= 11 is 0. The standard InChI is InChI=1S/C15H22FNO/c1-11(12-6-8-13(16)9-7-12)17-14-4-3-5-15(10-14)18-2/h6-9,11,14-15,17H,3-5,10H2,1-2H3/t11-,14?,15?/m0/s1. The lowest BCUT2D eigenvalue weighted by Gasteiger charge is -2.31. The number of rotatable bonds is 4. The van der Waals surface area contributed by atoms with Gasteiger partial charge in [-0.2, -0.15) is 0 Å². The van der Waals surface area contributed by atoms with E-state index in [4.69, 9.17) is 4.74 Å². The Bertz CT molecular complexity index is 365. The van der Waals surface area contributed by atoms with Crippen molar-refractivity contribution in [3.05, 3.63) is 35.6 Å². The number of benzene rings is 1. The van der Waals surface area contributed by atoms with Gasteiger partial charge in [-0.15, -0.1) is 0 Å². The fourth-order valence-electron chi connectivity index (χ4n) is 2.71. The van der Waals surface area contributed by atoms with E-state index in [2.05, 4.69) is 12.2 Å². The lowest BCUT2D eigenvalue weighted by Crippen LogP contribution is -2.38. The normalized spacial score (nSPS) is 25.9. The summed E-state index contributed by atoms with van der Waals surface area (Å²) in [6.45, 7) is 2.13. The quantitative estimate of drug-likeness (QED) is 0.885. The predicted octanol–water partition coefficient (Wildman–Crippen LogP) is 3.43. The Hall–Kier alpha value is -0.930. The van der Waals surface area contributed by atoms with Gasteiger partial charge >= 0.3 is 0 Å². The molecule has 2 nitrogen and oxygen atoms in total. The highest BCUT2D eigenvalue weighted by Crippen LogP contribution is 2.23. The first-order valence-electron chi connectivity index (χ1n) is 6.73. The van der Waals surface area contributed by atoms with Crippen LogP contribution in [0.1, 0.15) is 44.2 Å². The van der Waals surface area contributed by atoms with Crippen molar-refractivity contribution in [2.24, 2.45) is 0 Å². The Labute approximate surface area is 109 Å². The maximum Gasteiger partial charge on any atom is 0.123 e. The number of hydrogen-bond acceptors (Lipinski definition) is 2. The van der Waals surface area contributed by atoms with Gasteiger partial charge in [-0.3, -0.25) is 0 Å². The zero-order valence-electron chi connectivity index (χ0n) is 11.2. The molecule has 0 amide bonds. The number of hydrogen-bond donors (Lipinski definition) is 1. The third-order valence-corrected chi connectivity index (χ3v) is 3.82. The predicted molar refractivity (Wildman–Crippen MR) is 71.0 cm³/mol. The van der Waals surface area contributed by atoms with Crippen LogP contribution in [-0.2, 0) is 4.74 Å². The molecule has 0 spiro atoms. The summed E-state index contributed by atoms with van der Waals surface area (Å²) in [5, 5.41) is 3.62. The molecule has 1 aliphatic rings. The number of halogens is 1. The molecule has 0 aromatic heterocycles. The smallest absolute Gasteiger partial charge is 0.123 e. The first-order chi connectivity index (χ1) is 8.69. The van der Waals surface area contributed by atoms with Crippen LogP contribution >= 0.6 is 0 Å². The fourth-order valence-corrected chi connectivity index (χ4v) is 2.71. The third kappa shape index (κ3) is 3.53. The molecule has 1 N–H and O–H groups in total. The van der Waals surface area contributed by atoms with Gasteiger partial charge in [0.25, 0.3) is 0 Å². The van der Waals surface area contributed by atoms with Crippen molar-refractivity contribution in [1.82, 2.24) is 5.32 Å². The van der Waals surface area contributed by atoms with Gasteiger partial charge in [0.15, 0.2) is 0 Å². The van der Waals surface area contributed by atoms with Crippen molar-refractivity contribution in [2.45, 2.75) is 50.8 Å². The van der Waals surface area contributed by atoms with E-state index in [-0.39, 0.29) is 11.9 Å². The van der Waals surface area contributed by atoms with E-state index in [1.807, 2.05) is 12.1 Å². The van der Waals surface area contributed by atoms with Crippen molar-refractivity contribution < 1.29 is 9.13 Å². The van der Waals surface area contributed by atoms with E-state index >= 15 is 0 Å². The maximum absolute atomic E-state index is 12.9. The van der Waals surface area contributed by atoms with Crippen LogP contribution in [0.4, 0.5) is 4.39 Å². The number of methoxy groups -OCH3 is 1. The third-order valence-electron chi connectivity index (χ3n) is 3.82. The summed E-state index contributed by atoms with van der Waals surface area (Å²) < 4.78 is 18.3. The van der Waals surface area contributed by atoms with Gasteiger partial charge in [-0.1, -0.05) is 12.1 Å². The highest BCUT2D eigenvalue weighted by atomic mass is 19.1. The van der Waals surface area contributed by atoms with E-state index in [9.17, 15) is 4.39 Å². The molecule has 1 fully saturated rings. The molecular formula is C15H22FNO. The second-order valence-electron chi connectivity index (χ2n) is 5.16. The zero-order valence-corrected chi connectivity index (χ0v) is 11.2. The Morgan fingerprint density at radius 2 is 2.00 bits per heavy atom. The van der Waals surface area contributed by atoms with Gasteiger partial charge in [-0.25, -0.2) is 4.39 Å². The number of nitrogens with one attached hydrogen (secondary N) is 1. The minimum atomic E-state index is -0.178. The van der Waals surface area contributed by atoms with Crippen LogP contribution in [0.5, 0.6) is 0 Å². The minimum Gasteiger partial charge on any atom is -0.381 e. The van der Waals surface area contributed by atoms with Gasteiger partial charge in [0, 0.05) is 19.2 Å².